The maximum atomic E-state index is 13.5. The molecule has 1 aliphatic heterocycles. The third-order valence-corrected chi connectivity index (χ3v) is 8.95. The molecule has 3 aromatic rings. The average Bonchev–Trinajstić information content (AvgIpc) is 3.32. The van der Waals surface area contributed by atoms with Gasteiger partial charge < -0.3 is 4.90 Å². The fraction of sp³-hybridized carbons (Fsp3) is 0.444. The zero-order valence-electron chi connectivity index (χ0n) is 20.0. The second-order valence-electron chi connectivity index (χ2n) is 10.8. The summed E-state index contributed by atoms with van der Waals surface area (Å²) in [6, 6.07) is 10.2. The van der Waals surface area contributed by atoms with Crippen molar-refractivity contribution in [3.05, 3.63) is 58.7 Å². The molecule has 178 valence electrons. The zero-order valence-corrected chi connectivity index (χ0v) is 21.7. The van der Waals surface area contributed by atoms with Gasteiger partial charge in [-0.1, -0.05) is 68.9 Å². The van der Waals surface area contributed by atoms with Crippen molar-refractivity contribution < 1.29 is 4.79 Å². The number of allylic oxidation sites excluding steroid dienone is 1. The Hall–Kier alpha value is -2.38. The topological polar surface area (TPSA) is 55.2 Å². The van der Waals surface area contributed by atoms with E-state index in [1.807, 2.05) is 35.7 Å². The molecule has 7 heteroatoms. The fourth-order valence-corrected chi connectivity index (χ4v) is 8.08. The standard InChI is InChI=1S/C27H31N3O2S2/c1-5-11-29-24(32)22-20(18-9-7-6-8-10-18)14-33-23(22)28-25(29)34-15-21(31)30-17-27(4)13-19(30)12-26(2,3)16-27/h5-10,14,19H,1,11-13,15-17H2,2-4H3/t19-,27+/m1/s1. The summed E-state index contributed by atoms with van der Waals surface area (Å²) in [4.78, 5) is 34.5. The monoisotopic (exact) mass is 493 g/mol. The Balaban J connectivity index is 1.42. The second-order valence-corrected chi connectivity index (χ2v) is 12.6. The molecule has 2 aromatic heterocycles. The number of likely N-dealkylation sites (tertiary alicyclic amines) is 1. The number of carbonyl (C=O) groups excluding carboxylic acids is 1. The number of hydrogen-bond acceptors (Lipinski definition) is 5. The van der Waals surface area contributed by atoms with Crippen LogP contribution in [0.25, 0.3) is 21.3 Å². The Morgan fingerprint density at radius 3 is 2.76 bits per heavy atom. The number of hydrogen-bond donors (Lipinski definition) is 0. The lowest BCUT2D eigenvalue weighted by Gasteiger charge is -2.39. The molecule has 1 aromatic carbocycles. The number of benzene rings is 1. The molecule has 1 saturated heterocycles. The molecule has 5 nitrogen and oxygen atoms in total. The molecule has 2 atom stereocenters. The highest BCUT2D eigenvalue weighted by Crippen LogP contribution is 2.52. The lowest BCUT2D eigenvalue weighted by atomic mass is 9.65. The lowest BCUT2D eigenvalue weighted by molar-refractivity contribution is -0.129. The molecule has 0 radical (unpaired) electrons. The quantitative estimate of drug-likeness (QED) is 0.246. The molecule has 3 heterocycles. The van der Waals surface area contributed by atoms with Gasteiger partial charge >= 0.3 is 0 Å². The van der Waals surface area contributed by atoms with Gasteiger partial charge in [0, 0.05) is 30.1 Å². The summed E-state index contributed by atoms with van der Waals surface area (Å²) in [6.07, 6.45) is 5.02. The number of fused-ring (bicyclic) bond motifs is 3. The maximum absolute atomic E-state index is 13.5. The number of carbonyl (C=O) groups is 1. The van der Waals surface area contributed by atoms with E-state index < -0.39 is 0 Å². The first-order valence-corrected chi connectivity index (χ1v) is 13.7. The van der Waals surface area contributed by atoms with E-state index >= 15 is 0 Å². The minimum absolute atomic E-state index is 0.0776. The zero-order chi connectivity index (χ0) is 24.1. The Labute approximate surface area is 208 Å². The van der Waals surface area contributed by atoms with E-state index in [0.29, 0.717) is 33.7 Å². The summed E-state index contributed by atoms with van der Waals surface area (Å²) in [5.41, 5.74) is 2.31. The van der Waals surface area contributed by atoms with Gasteiger partial charge in [-0.05, 0) is 35.7 Å². The first kappa shape index (κ1) is 23.4. The smallest absolute Gasteiger partial charge is 0.263 e. The number of thioether (sulfide) groups is 1. The van der Waals surface area contributed by atoms with Gasteiger partial charge in [-0.25, -0.2) is 4.98 Å². The normalized spacial score (nSPS) is 23.4. The van der Waals surface area contributed by atoms with Crippen LogP contribution in [0.3, 0.4) is 0 Å². The van der Waals surface area contributed by atoms with Crippen molar-refractivity contribution in [1.29, 1.82) is 0 Å². The SMILES string of the molecule is C=CCn1c(SCC(=O)N2C[C@@]3(C)C[C@H]2CC(C)(C)C3)nc2scc(-c3ccccc3)c2c1=O. The van der Waals surface area contributed by atoms with Gasteiger partial charge in [0.05, 0.1) is 11.1 Å². The number of amides is 1. The van der Waals surface area contributed by atoms with Crippen molar-refractivity contribution in [3.63, 3.8) is 0 Å². The molecule has 34 heavy (non-hydrogen) atoms. The highest BCUT2D eigenvalue weighted by atomic mass is 32.2. The van der Waals surface area contributed by atoms with Crippen LogP contribution in [0.2, 0.25) is 0 Å². The van der Waals surface area contributed by atoms with Gasteiger partial charge in [-0.2, -0.15) is 0 Å². The third kappa shape index (κ3) is 4.24. The van der Waals surface area contributed by atoms with Crippen LogP contribution in [0.5, 0.6) is 0 Å². The molecule has 1 amide bonds. The Kier molecular flexibility index (Phi) is 5.97. The molecule has 1 aliphatic carbocycles. The maximum Gasteiger partial charge on any atom is 0.263 e. The molecule has 2 bridgehead atoms. The lowest BCUT2D eigenvalue weighted by Crippen LogP contribution is -2.38. The van der Waals surface area contributed by atoms with Gasteiger partial charge in [-0.15, -0.1) is 17.9 Å². The van der Waals surface area contributed by atoms with Crippen LogP contribution in [0, 0.1) is 10.8 Å². The second kappa shape index (κ2) is 8.68. The van der Waals surface area contributed by atoms with Crippen molar-refractivity contribution in [3.8, 4) is 11.1 Å². The Morgan fingerprint density at radius 1 is 1.26 bits per heavy atom. The van der Waals surface area contributed by atoms with Gasteiger partial charge in [0.25, 0.3) is 5.56 Å². The minimum Gasteiger partial charge on any atom is -0.338 e. The van der Waals surface area contributed by atoms with Gasteiger partial charge in [0.2, 0.25) is 5.91 Å². The molecular weight excluding hydrogens is 462 g/mol. The number of rotatable bonds is 6. The summed E-state index contributed by atoms with van der Waals surface area (Å²) in [5, 5.41) is 3.22. The molecule has 2 fully saturated rings. The summed E-state index contributed by atoms with van der Waals surface area (Å²) in [6.45, 7) is 12.0. The van der Waals surface area contributed by atoms with Crippen LogP contribution in [-0.4, -0.2) is 38.7 Å². The molecule has 0 spiro atoms. The van der Waals surface area contributed by atoms with E-state index in [4.69, 9.17) is 4.98 Å². The summed E-state index contributed by atoms with van der Waals surface area (Å²) in [7, 11) is 0. The average molecular weight is 494 g/mol. The van der Waals surface area contributed by atoms with Gasteiger partial charge in [0.15, 0.2) is 5.16 Å². The Bertz CT molecular complexity index is 1310. The minimum atomic E-state index is -0.0776. The van der Waals surface area contributed by atoms with Crippen LogP contribution >= 0.6 is 23.1 Å². The van der Waals surface area contributed by atoms with Crippen LogP contribution in [0.1, 0.15) is 40.0 Å². The Morgan fingerprint density at radius 2 is 2.03 bits per heavy atom. The van der Waals surface area contributed by atoms with Gasteiger partial charge in [-0.3, -0.25) is 14.2 Å². The molecule has 5 rings (SSSR count). The summed E-state index contributed by atoms with van der Waals surface area (Å²) in [5.74, 6) is 0.436. The van der Waals surface area contributed by atoms with Crippen molar-refractivity contribution in [2.75, 3.05) is 12.3 Å². The number of thiophene rings is 1. The predicted octanol–water partition coefficient (Wildman–Crippen LogP) is 5.83. The third-order valence-electron chi connectivity index (χ3n) is 7.12. The fourth-order valence-electron chi connectivity index (χ4n) is 6.20. The highest BCUT2D eigenvalue weighted by molar-refractivity contribution is 7.99. The first-order chi connectivity index (χ1) is 16.2. The van der Waals surface area contributed by atoms with Crippen LogP contribution < -0.4 is 5.56 Å². The van der Waals surface area contributed by atoms with Crippen LogP contribution in [0.15, 0.2) is 58.3 Å². The molecule has 1 saturated carbocycles. The van der Waals surface area contributed by atoms with Crippen molar-refractivity contribution in [2.45, 2.75) is 57.8 Å². The number of aromatic nitrogens is 2. The predicted molar refractivity (Wildman–Crippen MR) is 141 cm³/mol. The highest BCUT2D eigenvalue weighted by Gasteiger charge is 2.50. The van der Waals surface area contributed by atoms with Crippen molar-refractivity contribution in [2.24, 2.45) is 10.8 Å². The summed E-state index contributed by atoms with van der Waals surface area (Å²) >= 11 is 2.84. The molecular formula is C27H31N3O2S2. The van der Waals surface area contributed by atoms with Crippen molar-refractivity contribution >= 4 is 39.2 Å². The van der Waals surface area contributed by atoms with E-state index in [1.54, 1.807) is 10.6 Å². The van der Waals surface area contributed by atoms with Gasteiger partial charge in [0.1, 0.15) is 4.83 Å². The van der Waals surface area contributed by atoms with E-state index in [1.165, 1.54) is 23.1 Å². The van der Waals surface area contributed by atoms with E-state index in [2.05, 4.69) is 32.3 Å². The van der Waals surface area contributed by atoms with E-state index in [9.17, 15) is 9.59 Å². The number of nitrogens with zero attached hydrogens (tertiary/aromatic N) is 3. The first-order valence-electron chi connectivity index (χ1n) is 11.8. The van der Waals surface area contributed by atoms with Crippen molar-refractivity contribution in [1.82, 2.24) is 14.5 Å². The molecule has 0 unspecified atom stereocenters. The molecule has 2 aliphatic rings. The van der Waals surface area contributed by atoms with E-state index in [0.717, 1.165) is 36.9 Å². The van der Waals surface area contributed by atoms with Crippen LogP contribution in [-0.2, 0) is 11.3 Å². The van der Waals surface area contributed by atoms with Crippen LogP contribution in [0.4, 0.5) is 0 Å². The summed E-state index contributed by atoms with van der Waals surface area (Å²) < 4.78 is 1.65. The molecule has 0 N–H and O–H groups in total. The van der Waals surface area contributed by atoms with E-state index in [-0.39, 0.29) is 22.3 Å². The largest absolute Gasteiger partial charge is 0.338 e.